The highest BCUT2D eigenvalue weighted by atomic mass is 16.4. The van der Waals surface area contributed by atoms with E-state index in [0.717, 1.165) is 72.7 Å². The molecule has 0 spiro atoms. The molecule has 0 aliphatic carbocycles. The van der Waals surface area contributed by atoms with Gasteiger partial charge in [0.15, 0.2) is 0 Å². The molecular weight excluding hydrogens is 895 g/mol. The van der Waals surface area contributed by atoms with Gasteiger partial charge < -0.3 is 13.7 Å². The van der Waals surface area contributed by atoms with Gasteiger partial charge in [-0.15, -0.1) is 20.4 Å². The van der Waals surface area contributed by atoms with Crippen LogP contribution in [0.15, 0.2) is 209 Å². The highest BCUT2D eigenvalue weighted by Crippen LogP contribution is 2.36. The normalized spacial score (nSPS) is 12.1. The number of nitrogens with zero attached hydrogens (tertiary/aromatic N) is 5. The molecule has 0 aliphatic heterocycles. The van der Waals surface area contributed by atoms with Gasteiger partial charge in [-0.2, -0.15) is 0 Å². The molecule has 0 aliphatic rings. The minimum absolute atomic E-state index is 0.0755. The summed E-state index contributed by atoms with van der Waals surface area (Å²) >= 11 is 0. The van der Waals surface area contributed by atoms with E-state index >= 15 is 0 Å². The second kappa shape index (κ2) is 20.8. The van der Waals surface area contributed by atoms with Crippen molar-refractivity contribution in [3.63, 3.8) is 0 Å². The van der Waals surface area contributed by atoms with Crippen molar-refractivity contribution in [3.8, 4) is 45.8 Å². The number of aromatic nitrogens is 4. The molecule has 0 fully saturated rings. The van der Waals surface area contributed by atoms with Crippen LogP contribution in [0.5, 0.6) is 0 Å². The van der Waals surface area contributed by atoms with E-state index in [-0.39, 0.29) is 10.8 Å². The molecular formula is C66H57N5O2. The van der Waals surface area contributed by atoms with Gasteiger partial charge >= 0.3 is 0 Å². The lowest BCUT2D eigenvalue weighted by molar-refractivity contribution is 0.582. The maximum Gasteiger partial charge on any atom is 0.248 e. The third-order valence-electron chi connectivity index (χ3n) is 12.8. The van der Waals surface area contributed by atoms with E-state index in [1.54, 1.807) is 0 Å². The highest BCUT2D eigenvalue weighted by molar-refractivity contribution is 5.81. The van der Waals surface area contributed by atoms with Gasteiger partial charge in [-0.1, -0.05) is 193 Å². The average molecular weight is 952 g/mol. The summed E-state index contributed by atoms with van der Waals surface area (Å²) < 4.78 is 12.2. The molecule has 2 heterocycles. The van der Waals surface area contributed by atoms with Crippen molar-refractivity contribution >= 4 is 53.5 Å². The van der Waals surface area contributed by atoms with Crippen molar-refractivity contribution in [3.05, 3.63) is 245 Å². The summed E-state index contributed by atoms with van der Waals surface area (Å²) in [6.07, 6.45) is 12.8. The van der Waals surface area contributed by atoms with Crippen LogP contribution in [0.3, 0.4) is 0 Å². The fraction of sp³-hybridized carbons (Fsp3) is 0.121. The second-order valence-corrected chi connectivity index (χ2v) is 20.2. The lowest BCUT2D eigenvalue weighted by Crippen LogP contribution is -2.10. The average Bonchev–Trinajstić information content (AvgIpc) is 4.13. The van der Waals surface area contributed by atoms with Crippen LogP contribution in [0, 0.1) is 0 Å². The Morgan fingerprint density at radius 1 is 0.288 bits per heavy atom. The van der Waals surface area contributed by atoms with Crippen LogP contribution in [0.1, 0.15) is 86.1 Å². The van der Waals surface area contributed by atoms with Crippen molar-refractivity contribution in [1.29, 1.82) is 0 Å². The monoisotopic (exact) mass is 951 g/mol. The first-order valence-corrected chi connectivity index (χ1v) is 24.7. The van der Waals surface area contributed by atoms with Crippen molar-refractivity contribution in [2.45, 2.75) is 52.4 Å². The predicted molar refractivity (Wildman–Crippen MR) is 302 cm³/mol. The van der Waals surface area contributed by atoms with Gasteiger partial charge in [-0.3, -0.25) is 0 Å². The topological polar surface area (TPSA) is 81.1 Å². The molecule has 0 atom stereocenters. The molecule has 0 bridgehead atoms. The van der Waals surface area contributed by atoms with E-state index in [2.05, 4.69) is 249 Å². The van der Waals surface area contributed by atoms with Gasteiger partial charge in [0.2, 0.25) is 23.6 Å². The molecule has 8 aromatic carbocycles. The van der Waals surface area contributed by atoms with E-state index in [4.69, 9.17) is 8.83 Å². The fourth-order valence-corrected chi connectivity index (χ4v) is 8.40. The molecule has 0 unspecified atom stereocenters. The van der Waals surface area contributed by atoms with Gasteiger partial charge in [0.25, 0.3) is 0 Å². The molecule has 10 rings (SSSR count). The molecule has 2 aromatic heterocycles. The zero-order chi connectivity index (χ0) is 50.4. The lowest BCUT2D eigenvalue weighted by Gasteiger charge is -2.26. The number of anilines is 3. The van der Waals surface area contributed by atoms with Crippen molar-refractivity contribution in [2.24, 2.45) is 0 Å². The largest absolute Gasteiger partial charge is 0.416 e. The molecule has 7 nitrogen and oxygen atoms in total. The summed E-state index contributed by atoms with van der Waals surface area (Å²) in [4.78, 5) is 2.29. The Morgan fingerprint density at radius 2 is 0.521 bits per heavy atom. The molecule has 0 radical (unpaired) electrons. The minimum Gasteiger partial charge on any atom is -0.416 e. The van der Waals surface area contributed by atoms with Crippen LogP contribution in [-0.2, 0) is 10.8 Å². The smallest absolute Gasteiger partial charge is 0.248 e. The third-order valence-corrected chi connectivity index (χ3v) is 12.8. The van der Waals surface area contributed by atoms with Crippen molar-refractivity contribution in [2.75, 3.05) is 4.90 Å². The van der Waals surface area contributed by atoms with Crippen LogP contribution in [-0.4, -0.2) is 20.4 Å². The summed E-state index contributed by atoms with van der Waals surface area (Å²) in [5, 5.41) is 17.3. The van der Waals surface area contributed by atoms with E-state index in [0.29, 0.717) is 23.6 Å². The quantitative estimate of drug-likeness (QED) is 0.107. The summed E-state index contributed by atoms with van der Waals surface area (Å²) in [7, 11) is 0. The summed E-state index contributed by atoms with van der Waals surface area (Å²) in [5.41, 5.74) is 16.0. The zero-order valence-electron chi connectivity index (χ0n) is 42.1. The fourth-order valence-electron chi connectivity index (χ4n) is 8.40. The first-order chi connectivity index (χ1) is 35.4. The van der Waals surface area contributed by atoms with Gasteiger partial charge in [0, 0.05) is 39.3 Å². The Balaban J connectivity index is 0.828. The Morgan fingerprint density at radius 3 is 0.781 bits per heavy atom. The van der Waals surface area contributed by atoms with Gasteiger partial charge in [0.05, 0.1) is 0 Å². The van der Waals surface area contributed by atoms with Gasteiger partial charge in [-0.05, 0) is 140 Å². The maximum absolute atomic E-state index is 6.09. The Hall–Kier alpha value is -8.94. The van der Waals surface area contributed by atoms with Crippen LogP contribution in [0.2, 0.25) is 0 Å². The Bertz CT molecular complexity index is 3310. The standard InChI is InChI=1S/C66H57N5O2/c1-65(2,3)56-36-32-54(33-37-56)63-69-67-61(72-63)52-28-18-47(19-29-52)14-16-50-24-42-59(43-25-50)71(58-40-22-49(23-41-58)13-12-46-10-8-7-9-11-46)60-44-26-51(27-45-60)17-15-48-20-30-53(31-21-48)62-68-70-64(73-62)55-34-38-57(39-35-55)66(4,5)6/h7-45H,1-6H3. The lowest BCUT2D eigenvalue weighted by atomic mass is 9.87. The Kier molecular flexibility index (Phi) is 13.6. The molecule has 0 amide bonds. The molecule has 0 saturated carbocycles. The molecule has 0 saturated heterocycles. The van der Waals surface area contributed by atoms with E-state index in [1.165, 1.54) is 11.1 Å². The summed E-state index contributed by atoms with van der Waals surface area (Å²) in [5.74, 6) is 2.00. The number of hydrogen-bond donors (Lipinski definition) is 0. The van der Waals surface area contributed by atoms with Crippen LogP contribution in [0.4, 0.5) is 17.1 Å². The second-order valence-electron chi connectivity index (χ2n) is 20.2. The zero-order valence-corrected chi connectivity index (χ0v) is 42.1. The minimum atomic E-state index is 0.0755. The highest BCUT2D eigenvalue weighted by Gasteiger charge is 2.18. The Labute approximate surface area is 428 Å². The molecule has 7 heteroatoms. The van der Waals surface area contributed by atoms with E-state index in [9.17, 15) is 0 Å². The van der Waals surface area contributed by atoms with Crippen molar-refractivity contribution < 1.29 is 8.83 Å². The maximum atomic E-state index is 6.09. The SMILES string of the molecule is CC(C)(C)c1ccc(-c2nnc(-c3ccc(C=Cc4ccc(N(c5ccc(C=Cc6ccccc6)cc5)c5ccc(C=Cc6ccc(-c7nnc(-c8ccc(C(C)(C)C)cc8)o7)cc6)cc5)cc4)cc3)o2)cc1. The first-order valence-electron chi connectivity index (χ1n) is 24.7. The predicted octanol–water partition coefficient (Wildman–Crippen LogP) is 17.7. The molecule has 0 N–H and O–H groups in total. The van der Waals surface area contributed by atoms with Crippen LogP contribution >= 0.6 is 0 Å². The summed E-state index contributed by atoms with van der Waals surface area (Å²) in [6.45, 7) is 13.2. The molecule has 358 valence electrons. The molecule has 10 aromatic rings. The van der Waals surface area contributed by atoms with Gasteiger partial charge in [0.1, 0.15) is 0 Å². The number of rotatable bonds is 13. The third kappa shape index (κ3) is 11.6. The van der Waals surface area contributed by atoms with Gasteiger partial charge in [-0.25, -0.2) is 0 Å². The van der Waals surface area contributed by atoms with E-state index < -0.39 is 0 Å². The van der Waals surface area contributed by atoms with Crippen LogP contribution in [0.25, 0.3) is 82.3 Å². The van der Waals surface area contributed by atoms with E-state index in [1.807, 2.05) is 54.6 Å². The van der Waals surface area contributed by atoms with Crippen LogP contribution < -0.4 is 4.90 Å². The number of benzene rings is 8. The van der Waals surface area contributed by atoms with Crippen molar-refractivity contribution in [1.82, 2.24) is 20.4 Å². The number of hydrogen-bond acceptors (Lipinski definition) is 7. The first kappa shape index (κ1) is 47.7. The summed E-state index contributed by atoms with van der Waals surface area (Å²) in [6, 6.07) is 69.4. The molecule has 73 heavy (non-hydrogen) atoms.